The van der Waals surface area contributed by atoms with Crippen molar-refractivity contribution < 1.29 is 13.9 Å². The van der Waals surface area contributed by atoms with Gasteiger partial charge in [-0.15, -0.1) is 0 Å². The van der Waals surface area contributed by atoms with Gasteiger partial charge in [0.1, 0.15) is 17.8 Å². The average Bonchev–Trinajstić information content (AvgIpc) is 2.61. The molecule has 0 N–H and O–H groups in total. The number of anilines is 1. The highest BCUT2D eigenvalue weighted by Gasteiger charge is 2.30. The summed E-state index contributed by atoms with van der Waals surface area (Å²) in [5, 5.41) is 0. The molecular weight excluding hydrogens is 311 g/mol. The fourth-order valence-corrected chi connectivity index (χ4v) is 2.90. The highest BCUT2D eigenvalue weighted by molar-refractivity contribution is 5.92. The zero-order chi connectivity index (χ0) is 17.1. The molecule has 1 unspecified atom stereocenters. The number of halogens is 1. The van der Waals surface area contributed by atoms with Crippen molar-refractivity contribution in [2.45, 2.75) is 13.0 Å². The molecule has 126 valence electrons. The normalized spacial score (nSPS) is 17.7. The van der Waals surface area contributed by atoms with Crippen molar-refractivity contribution >= 4 is 11.6 Å². The summed E-state index contributed by atoms with van der Waals surface area (Å²) in [4.78, 5) is 24.3. The van der Waals surface area contributed by atoms with Crippen LogP contribution in [0.3, 0.4) is 0 Å². The van der Waals surface area contributed by atoms with E-state index in [9.17, 15) is 9.18 Å². The third-order valence-electron chi connectivity index (χ3n) is 4.15. The molecule has 0 bridgehead atoms. The van der Waals surface area contributed by atoms with Crippen LogP contribution in [0.1, 0.15) is 17.4 Å². The van der Waals surface area contributed by atoms with E-state index in [0.29, 0.717) is 36.9 Å². The van der Waals surface area contributed by atoms with Crippen LogP contribution in [0, 0.1) is 5.82 Å². The summed E-state index contributed by atoms with van der Waals surface area (Å²) in [7, 11) is 1.49. The van der Waals surface area contributed by atoms with Gasteiger partial charge in [0.05, 0.1) is 12.8 Å². The predicted molar refractivity (Wildman–Crippen MR) is 87.7 cm³/mol. The third-order valence-corrected chi connectivity index (χ3v) is 4.15. The number of hydrogen-bond donors (Lipinski definition) is 0. The molecule has 1 aliphatic heterocycles. The summed E-state index contributed by atoms with van der Waals surface area (Å²) in [6, 6.07) is 8.16. The number of ether oxygens (including phenoxy) is 1. The highest BCUT2D eigenvalue weighted by atomic mass is 19.1. The van der Waals surface area contributed by atoms with Crippen LogP contribution in [0.15, 0.2) is 36.7 Å². The van der Waals surface area contributed by atoms with Crippen molar-refractivity contribution in [1.82, 2.24) is 14.9 Å². The number of aromatic nitrogens is 2. The summed E-state index contributed by atoms with van der Waals surface area (Å²) >= 11 is 0. The number of nitrogens with zero attached hydrogens (tertiary/aromatic N) is 4. The van der Waals surface area contributed by atoms with E-state index in [2.05, 4.69) is 9.97 Å². The minimum Gasteiger partial charge on any atom is -0.481 e. The number of amides is 1. The lowest BCUT2D eigenvalue weighted by Gasteiger charge is -2.40. The summed E-state index contributed by atoms with van der Waals surface area (Å²) in [6.45, 7) is 3.58. The smallest absolute Gasteiger partial charge is 0.273 e. The largest absolute Gasteiger partial charge is 0.481 e. The maximum Gasteiger partial charge on any atom is 0.273 e. The molecule has 1 fully saturated rings. The summed E-state index contributed by atoms with van der Waals surface area (Å²) < 4.78 is 19.0. The number of methoxy groups -OCH3 is 1. The molecular formula is C17H19FN4O2. The van der Waals surface area contributed by atoms with E-state index in [-0.39, 0.29) is 17.8 Å². The van der Waals surface area contributed by atoms with Crippen molar-refractivity contribution in [2.24, 2.45) is 0 Å². The molecule has 1 aromatic carbocycles. The van der Waals surface area contributed by atoms with E-state index >= 15 is 0 Å². The van der Waals surface area contributed by atoms with E-state index < -0.39 is 0 Å². The first kappa shape index (κ1) is 16.2. The number of hydrogen-bond acceptors (Lipinski definition) is 5. The first-order valence-corrected chi connectivity index (χ1v) is 7.76. The lowest BCUT2D eigenvalue weighted by molar-refractivity contribution is 0.0667. The van der Waals surface area contributed by atoms with E-state index in [1.165, 1.54) is 25.6 Å². The Kier molecular flexibility index (Phi) is 4.59. The van der Waals surface area contributed by atoms with Crippen molar-refractivity contribution in [3.8, 4) is 5.88 Å². The molecule has 2 aromatic rings. The SMILES string of the molecule is COc1cc(C(=O)N2CCN(c3ccccc3F)CC2C)ncn1. The van der Waals surface area contributed by atoms with Crippen LogP contribution in [0.5, 0.6) is 5.88 Å². The van der Waals surface area contributed by atoms with Crippen LogP contribution in [0.2, 0.25) is 0 Å². The Bertz CT molecular complexity index is 740. The monoisotopic (exact) mass is 330 g/mol. The molecule has 1 aromatic heterocycles. The Hall–Kier alpha value is -2.70. The highest BCUT2D eigenvalue weighted by Crippen LogP contribution is 2.23. The lowest BCUT2D eigenvalue weighted by atomic mass is 10.1. The maximum absolute atomic E-state index is 14.0. The van der Waals surface area contributed by atoms with E-state index in [1.807, 2.05) is 17.9 Å². The predicted octanol–water partition coefficient (Wildman–Crippen LogP) is 1.98. The van der Waals surface area contributed by atoms with Crippen LogP contribution in [-0.2, 0) is 0 Å². The Morgan fingerprint density at radius 2 is 2.08 bits per heavy atom. The average molecular weight is 330 g/mol. The van der Waals surface area contributed by atoms with Crippen molar-refractivity contribution in [2.75, 3.05) is 31.6 Å². The fourth-order valence-electron chi connectivity index (χ4n) is 2.90. The number of piperazine rings is 1. The number of rotatable bonds is 3. The second-order valence-electron chi connectivity index (χ2n) is 5.69. The molecule has 0 spiro atoms. The Labute approximate surface area is 139 Å². The molecule has 0 radical (unpaired) electrons. The molecule has 3 rings (SSSR count). The quantitative estimate of drug-likeness (QED) is 0.861. The molecule has 7 heteroatoms. The van der Waals surface area contributed by atoms with Crippen molar-refractivity contribution in [1.29, 1.82) is 0 Å². The van der Waals surface area contributed by atoms with Crippen molar-refractivity contribution in [3.63, 3.8) is 0 Å². The zero-order valence-electron chi connectivity index (χ0n) is 13.6. The van der Waals surface area contributed by atoms with E-state index in [0.717, 1.165) is 0 Å². The van der Waals surface area contributed by atoms with Gasteiger partial charge in [-0.25, -0.2) is 14.4 Å². The van der Waals surface area contributed by atoms with Crippen LogP contribution in [-0.4, -0.2) is 53.6 Å². The van der Waals surface area contributed by atoms with Crippen LogP contribution >= 0.6 is 0 Å². The van der Waals surface area contributed by atoms with Gasteiger partial charge in [-0.3, -0.25) is 4.79 Å². The molecule has 1 atom stereocenters. The summed E-state index contributed by atoms with van der Waals surface area (Å²) in [5.74, 6) is -0.0626. The summed E-state index contributed by atoms with van der Waals surface area (Å²) in [5.41, 5.74) is 0.869. The van der Waals surface area contributed by atoms with Gasteiger partial charge in [0.2, 0.25) is 5.88 Å². The first-order chi connectivity index (χ1) is 11.6. The second kappa shape index (κ2) is 6.82. The fraction of sp³-hybridized carbons (Fsp3) is 0.353. The second-order valence-corrected chi connectivity index (χ2v) is 5.69. The lowest BCUT2D eigenvalue weighted by Crippen LogP contribution is -2.54. The first-order valence-electron chi connectivity index (χ1n) is 7.76. The van der Waals surface area contributed by atoms with Gasteiger partial charge in [0.15, 0.2) is 0 Å². The molecule has 0 aliphatic carbocycles. The van der Waals surface area contributed by atoms with E-state index in [4.69, 9.17) is 4.74 Å². The molecule has 1 saturated heterocycles. The molecule has 1 aliphatic rings. The molecule has 1 amide bonds. The number of para-hydroxylation sites is 1. The van der Waals surface area contributed by atoms with Crippen LogP contribution < -0.4 is 9.64 Å². The van der Waals surface area contributed by atoms with Gasteiger partial charge in [0, 0.05) is 31.7 Å². The summed E-state index contributed by atoms with van der Waals surface area (Å²) in [6.07, 6.45) is 1.31. The van der Waals surface area contributed by atoms with Gasteiger partial charge in [-0.05, 0) is 19.1 Å². The standard InChI is InChI=1S/C17H19FN4O2/c1-12-10-21(15-6-4-3-5-13(15)18)7-8-22(12)17(23)14-9-16(24-2)20-11-19-14/h3-6,9,11-12H,7-8,10H2,1-2H3. The molecule has 0 saturated carbocycles. The van der Waals surface area contributed by atoms with Crippen LogP contribution in [0.4, 0.5) is 10.1 Å². The van der Waals surface area contributed by atoms with Gasteiger partial charge < -0.3 is 14.5 Å². The van der Waals surface area contributed by atoms with E-state index in [1.54, 1.807) is 17.0 Å². The number of carbonyl (C=O) groups is 1. The molecule has 2 heterocycles. The molecule has 6 nitrogen and oxygen atoms in total. The Morgan fingerprint density at radius 1 is 1.29 bits per heavy atom. The van der Waals surface area contributed by atoms with Gasteiger partial charge in [-0.2, -0.15) is 0 Å². The van der Waals surface area contributed by atoms with Gasteiger partial charge in [0.25, 0.3) is 5.91 Å². The minimum absolute atomic E-state index is 0.0631. The third kappa shape index (κ3) is 3.15. The molecule has 24 heavy (non-hydrogen) atoms. The van der Waals surface area contributed by atoms with Gasteiger partial charge >= 0.3 is 0 Å². The van der Waals surface area contributed by atoms with Crippen LogP contribution in [0.25, 0.3) is 0 Å². The zero-order valence-corrected chi connectivity index (χ0v) is 13.6. The minimum atomic E-state index is -0.245. The Balaban J connectivity index is 1.74. The number of benzene rings is 1. The Morgan fingerprint density at radius 3 is 2.79 bits per heavy atom. The van der Waals surface area contributed by atoms with Crippen molar-refractivity contribution in [3.05, 3.63) is 48.2 Å². The maximum atomic E-state index is 14.0. The van der Waals surface area contributed by atoms with Gasteiger partial charge in [-0.1, -0.05) is 12.1 Å². The topological polar surface area (TPSA) is 58.6 Å². The number of carbonyl (C=O) groups excluding carboxylic acids is 1.